The van der Waals surface area contributed by atoms with E-state index in [0.29, 0.717) is 19.4 Å². The molecule has 2 heterocycles. The minimum Gasteiger partial charge on any atom is -0.356 e. The third kappa shape index (κ3) is 3.52. The van der Waals surface area contributed by atoms with Gasteiger partial charge in [0.1, 0.15) is 12.2 Å². The molecule has 18 heavy (non-hydrogen) atoms. The van der Waals surface area contributed by atoms with E-state index >= 15 is 0 Å². The van der Waals surface area contributed by atoms with Crippen LogP contribution in [-0.4, -0.2) is 47.6 Å². The van der Waals surface area contributed by atoms with Gasteiger partial charge in [0.15, 0.2) is 9.84 Å². The van der Waals surface area contributed by atoms with Crippen molar-refractivity contribution >= 4 is 15.7 Å². The summed E-state index contributed by atoms with van der Waals surface area (Å²) in [5, 5.41) is 9.22. The molecule has 1 aliphatic rings. The van der Waals surface area contributed by atoms with E-state index < -0.39 is 9.84 Å². The molecular weight excluding hydrogens is 256 g/mol. The minimum atomic E-state index is -2.99. The number of rotatable bonds is 5. The third-order valence-electron chi connectivity index (χ3n) is 2.96. The lowest BCUT2D eigenvalue weighted by Crippen LogP contribution is -2.32. The standard InChI is InChI=1S/C10H16N4O3S/c15-10(8-3-5-18(16,17)6-8)11-4-1-2-9-12-7-13-14-9/h7-8H,1-6H2,(H,11,15)(H,12,13,14). The zero-order valence-corrected chi connectivity index (χ0v) is 10.7. The molecule has 8 heteroatoms. The Balaban J connectivity index is 1.66. The van der Waals surface area contributed by atoms with Gasteiger partial charge in [0.05, 0.1) is 17.4 Å². The van der Waals surface area contributed by atoms with E-state index in [-0.39, 0.29) is 23.3 Å². The summed E-state index contributed by atoms with van der Waals surface area (Å²) in [5.74, 6) is 0.367. The molecular formula is C10H16N4O3S. The molecule has 0 aromatic carbocycles. The number of sulfone groups is 1. The Labute approximate surface area is 105 Å². The van der Waals surface area contributed by atoms with E-state index in [1.807, 2.05) is 0 Å². The van der Waals surface area contributed by atoms with Crippen LogP contribution in [0.15, 0.2) is 6.33 Å². The van der Waals surface area contributed by atoms with Crippen LogP contribution in [0, 0.1) is 5.92 Å². The lowest BCUT2D eigenvalue weighted by atomic mass is 10.1. The highest BCUT2D eigenvalue weighted by atomic mass is 32.2. The maximum Gasteiger partial charge on any atom is 0.224 e. The molecule has 1 fully saturated rings. The van der Waals surface area contributed by atoms with E-state index in [1.165, 1.54) is 6.33 Å². The van der Waals surface area contributed by atoms with E-state index in [1.54, 1.807) is 0 Å². The second-order valence-corrected chi connectivity index (χ2v) is 6.66. The molecule has 7 nitrogen and oxygen atoms in total. The number of nitrogens with zero attached hydrogens (tertiary/aromatic N) is 2. The topological polar surface area (TPSA) is 105 Å². The molecule has 2 rings (SSSR count). The van der Waals surface area contributed by atoms with E-state index in [0.717, 1.165) is 12.2 Å². The predicted molar refractivity (Wildman–Crippen MR) is 64.5 cm³/mol. The van der Waals surface area contributed by atoms with Crippen LogP contribution >= 0.6 is 0 Å². The molecule has 0 bridgehead atoms. The highest BCUT2D eigenvalue weighted by molar-refractivity contribution is 7.91. The molecule has 1 aromatic rings. The van der Waals surface area contributed by atoms with Crippen LogP contribution in [0.3, 0.4) is 0 Å². The first kappa shape index (κ1) is 13.0. The summed E-state index contributed by atoms with van der Waals surface area (Å²) in [6.45, 7) is 0.524. The zero-order chi connectivity index (χ0) is 13.0. The molecule has 1 atom stereocenters. The van der Waals surface area contributed by atoms with E-state index in [4.69, 9.17) is 0 Å². The van der Waals surface area contributed by atoms with Crippen molar-refractivity contribution in [1.82, 2.24) is 20.5 Å². The molecule has 1 aromatic heterocycles. The van der Waals surface area contributed by atoms with Gasteiger partial charge in [-0.25, -0.2) is 13.4 Å². The van der Waals surface area contributed by atoms with Crippen LogP contribution in [0.2, 0.25) is 0 Å². The first-order valence-corrected chi connectivity index (χ1v) is 7.71. The van der Waals surface area contributed by atoms with Crippen LogP contribution in [0.25, 0.3) is 0 Å². The van der Waals surface area contributed by atoms with Crippen LogP contribution in [0.4, 0.5) is 0 Å². The van der Waals surface area contributed by atoms with Gasteiger partial charge in [-0.3, -0.25) is 9.89 Å². The van der Waals surface area contributed by atoms with Crippen molar-refractivity contribution in [2.75, 3.05) is 18.1 Å². The Bertz CT molecular complexity index is 497. The summed E-state index contributed by atoms with van der Waals surface area (Å²) < 4.78 is 22.5. The maximum absolute atomic E-state index is 11.7. The first-order valence-electron chi connectivity index (χ1n) is 5.89. The largest absolute Gasteiger partial charge is 0.356 e. The van der Waals surface area contributed by atoms with E-state index in [9.17, 15) is 13.2 Å². The second-order valence-electron chi connectivity index (χ2n) is 4.43. The minimum absolute atomic E-state index is 0.0130. The SMILES string of the molecule is O=C(NCCCc1ncn[nH]1)C1CCS(=O)(=O)C1. The summed E-state index contributed by atoms with van der Waals surface area (Å²) in [7, 11) is -2.99. The van der Waals surface area contributed by atoms with Crippen LogP contribution in [-0.2, 0) is 21.1 Å². The molecule has 1 amide bonds. The quantitative estimate of drug-likeness (QED) is 0.689. The molecule has 0 radical (unpaired) electrons. The molecule has 0 spiro atoms. The third-order valence-corrected chi connectivity index (χ3v) is 4.73. The first-order chi connectivity index (χ1) is 8.57. The van der Waals surface area contributed by atoms with Gasteiger partial charge in [-0.15, -0.1) is 0 Å². The fourth-order valence-electron chi connectivity index (χ4n) is 1.96. The second kappa shape index (κ2) is 5.47. The Morgan fingerprint density at radius 2 is 2.39 bits per heavy atom. The number of aryl methyl sites for hydroxylation is 1. The number of nitrogens with one attached hydrogen (secondary N) is 2. The monoisotopic (exact) mass is 272 g/mol. The van der Waals surface area contributed by atoms with Gasteiger partial charge in [-0.2, -0.15) is 5.10 Å². The molecule has 1 saturated heterocycles. The van der Waals surface area contributed by atoms with Crippen molar-refractivity contribution in [2.45, 2.75) is 19.3 Å². The summed E-state index contributed by atoms with van der Waals surface area (Å²) in [4.78, 5) is 15.7. The zero-order valence-electron chi connectivity index (χ0n) is 9.92. The summed E-state index contributed by atoms with van der Waals surface area (Å²) in [6.07, 6.45) is 3.34. The van der Waals surface area contributed by atoms with Crippen LogP contribution < -0.4 is 5.32 Å². The summed E-state index contributed by atoms with van der Waals surface area (Å²) in [6, 6.07) is 0. The lowest BCUT2D eigenvalue weighted by molar-refractivity contribution is -0.124. The summed E-state index contributed by atoms with van der Waals surface area (Å²) >= 11 is 0. The van der Waals surface area contributed by atoms with Crippen LogP contribution in [0.1, 0.15) is 18.7 Å². The fourth-order valence-corrected chi connectivity index (χ4v) is 3.71. The normalized spacial score (nSPS) is 21.9. The maximum atomic E-state index is 11.7. The van der Waals surface area contributed by atoms with Crippen molar-refractivity contribution < 1.29 is 13.2 Å². The van der Waals surface area contributed by atoms with Gasteiger partial charge in [-0.05, 0) is 12.8 Å². The van der Waals surface area contributed by atoms with Gasteiger partial charge in [-0.1, -0.05) is 0 Å². The number of aromatic amines is 1. The molecule has 2 N–H and O–H groups in total. The van der Waals surface area contributed by atoms with E-state index in [2.05, 4.69) is 20.5 Å². The smallest absolute Gasteiger partial charge is 0.224 e. The Hall–Kier alpha value is -1.44. The predicted octanol–water partition coefficient (Wildman–Crippen LogP) is -0.712. The number of amides is 1. The average Bonchev–Trinajstić information content (AvgIpc) is 2.93. The van der Waals surface area contributed by atoms with Crippen LogP contribution in [0.5, 0.6) is 0 Å². The number of hydrogen-bond donors (Lipinski definition) is 2. The van der Waals surface area contributed by atoms with Crippen molar-refractivity contribution in [3.05, 3.63) is 12.2 Å². The van der Waals surface area contributed by atoms with Gasteiger partial charge in [0.25, 0.3) is 0 Å². The van der Waals surface area contributed by atoms with Crippen molar-refractivity contribution in [1.29, 1.82) is 0 Å². The highest BCUT2D eigenvalue weighted by Gasteiger charge is 2.32. The fraction of sp³-hybridized carbons (Fsp3) is 0.700. The van der Waals surface area contributed by atoms with Gasteiger partial charge in [0, 0.05) is 13.0 Å². The molecule has 1 unspecified atom stereocenters. The lowest BCUT2D eigenvalue weighted by Gasteiger charge is -2.08. The Morgan fingerprint density at radius 3 is 3.00 bits per heavy atom. The van der Waals surface area contributed by atoms with Crippen molar-refractivity contribution in [2.24, 2.45) is 5.92 Å². The highest BCUT2D eigenvalue weighted by Crippen LogP contribution is 2.18. The average molecular weight is 272 g/mol. The van der Waals surface area contributed by atoms with Gasteiger partial charge < -0.3 is 5.32 Å². The molecule has 0 saturated carbocycles. The van der Waals surface area contributed by atoms with Crippen molar-refractivity contribution in [3.8, 4) is 0 Å². The number of aromatic nitrogens is 3. The number of carbonyl (C=O) groups is 1. The Kier molecular flexibility index (Phi) is 3.95. The molecule has 1 aliphatic heterocycles. The van der Waals surface area contributed by atoms with Gasteiger partial charge >= 0.3 is 0 Å². The summed E-state index contributed by atoms with van der Waals surface area (Å²) in [5.41, 5.74) is 0. The van der Waals surface area contributed by atoms with Gasteiger partial charge in [0.2, 0.25) is 5.91 Å². The van der Waals surface area contributed by atoms with Crippen molar-refractivity contribution in [3.63, 3.8) is 0 Å². The number of H-pyrrole nitrogens is 1. The Morgan fingerprint density at radius 1 is 1.56 bits per heavy atom. The molecule has 100 valence electrons. The molecule has 0 aliphatic carbocycles. The number of carbonyl (C=O) groups excluding carboxylic acids is 1. The number of hydrogen-bond acceptors (Lipinski definition) is 5.